The molecule has 0 fully saturated rings. The SMILES string of the molecule is CCCNc1cnc(C(=O)Nc2ccc(Br)cc2Br)cn1. The number of nitrogens with zero attached hydrogens (tertiary/aromatic N) is 2. The maximum atomic E-state index is 12.1. The first-order chi connectivity index (χ1) is 10.1. The van der Waals surface area contributed by atoms with Crippen molar-refractivity contribution >= 4 is 49.3 Å². The molecule has 0 saturated heterocycles. The molecule has 1 aromatic carbocycles. The molecular formula is C14H14Br2N4O. The number of benzene rings is 1. The summed E-state index contributed by atoms with van der Waals surface area (Å²) in [5.41, 5.74) is 0.949. The van der Waals surface area contributed by atoms with Crippen LogP contribution in [0.3, 0.4) is 0 Å². The molecule has 1 heterocycles. The highest BCUT2D eigenvalue weighted by atomic mass is 79.9. The Bertz CT molecular complexity index is 631. The van der Waals surface area contributed by atoms with Crippen LogP contribution in [0.2, 0.25) is 0 Å². The van der Waals surface area contributed by atoms with E-state index in [0.29, 0.717) is 11.5 Å². The molecule has 0 spiro atoms. The van der Waals surface area contributed by atoms with Crippen LogP contribution in [-0.4, -0.2) is 22.4 Å². The molecule has 2 rings (SSSR count). The van der Waals surface area contributed by atoms with Crippen LogP contribution in [0.15, 0.2) is 39.5 Å². The Morgan fingerprint density at radius 2 is 2.05 bits per heavy atom. The van der Waals surface area contributed by atoms with Crippen LogP contribution in [0, 0.1) is 0 Å². The minimum absolute atomic E-state index is 0.270. The van der Waals surface area contributed by atoms with Gasteiger partial charge in [0.2, 0.25) is 0 Å². The molecule has 0 bridgehead atoms. The van der Waals surface area contributed by atoms with Crippen LogP contribution < -0.4 is 10.6 Å². The van der Waals surface area contributed by atoms with Gasteiger partial charge in [0.05, 0.1) is 18.1 Å². The minimum atomic E-state index is -0.299. The van der Waals surface area contributed by atoms with Crippen molar-refractivity contribution in [3.63, 3.8) is 0 Å². The van der Waals surface area contributed by atoms with E-state index in [-0.39, 0.29) is 11.6 Å². The molecule has 21 heavy (non-hydrogen) atoms. The average molecular weight is 414 g/mol. The first-order valence-corrected chi connectivity index (χ1v) is 8.01. The van der Waals surface area contributed by atoms with Gasteiger partial charge in [-0.25, -0.2) is 9.97 Å². The van der Waals surface area contributed by atoms with Crippen molar-refractivity contribution in [1.82, 2.24) is 9.97 Å². The van der Waals surface area contributed by atoms with Gasteiger partial charge in [0.15, 0.2) is 0 Å². The number of carbonyl (C=O) groups excluding carboxylic acids is 1. The van der Waals surface area contributed by atoms with Gasteiger partial charge in [0.25, 0.3) is 5.91 Å². The van der Waals surface area contributed by atoms with E-state index in [4.69, 9.17) is 0 Å². The maximum Gasteiger partial charge on any atom is 0.275 e. The lowest BCUT2D eigenvalue weighted by atomic mass is 10.3. The number of hydrogen-bond acceptors (Lipinski definition) is 4. The Morgan fingerprint density at radius 3 is 2.67 bits per heavy atom. The highest BCUT2D eigenvalue weighted by Gasteiger charge is 2.10. The zero-order chi connectivity index (χ0) is 15.2. The maximum absolute atomic E-state index is 12.1. The number of hydrogen-bond donors (Lipinski definition) is 2. The topological polar surface area (TPSA) is 66.9 Å². The summed E-state index contributed by atoms with van der Waals surface area (Å²) >= 11 is 6.76. The summed E-state index contributed by atoms with van der Waals surface area (Å²) in [7, 11) is 0. The Kier molecular flexibility index (Phi) is 5.69. The zero-order valence-corrected chi connectivity index (χ0v) is 14.5. The van der Waals surface area contributed by atoms with Crippen LogP contribution in [0.4, 0.5) is 11.5 Å². The van der Waals surface area contributed by atoms with Crippen molar-refractivity contribution in [2.45, 2.75) is 13.3 Å². The van der Waals surface area contributed by atoms with Crippen LogP contribution >= 0.6 is 31.9 Å². The number of nitrogens with one attached hydrogen (secondary N) is 2. The molecule has 110 valence electrons. The van der Waals surface area contributed by atoms with E-state index in [1.54, 1.807) is 12.3 Å². The first-order valence-electron chi connectivity index (χ1n) is 6.42. The van der Waals surface area contributed by atoms with Crippen LogP contribution in [0.1, 0.15) is 23.8 Å². The molecule has 0 saturated carbocycles. The zero-order valence-electron chi connectivity index (χ0n) is 11.4. The standard InChI is InChI=1S/C14H14Br2N4O/c1-2-5-17-13-8-18-12(7-19-13)14(21)20-11-4-3-9(15)6-10(11)16/h3-4,6-8H,2,5H2,1H3,(H,17,19)(H,20,21). The smallest absolute Gasteiger partial charge is 0.275 e. The normalized spacial score (nSPS) is 10.2. The Labute approximate surface area is 139 Å². The molecule has 1 aromatic heterocycles. The Morgan fingerprint density at radius 1 is 1.24 bits per heavy atom. The lowest BCUT2D eigenvalue weighted by Gasteiger charge is -2.08. The molecule has 0 radical (unpaired) electrons. The summed E-state index contributed by atoms with van der Waals surface area (Å²) < 4.78 is 1.72. The molecule has 0 aliphatic carbocycles. The number of carbonyl (C=O) groups is 1. The molecule has 2 aromatic rings. The highest BCUT2D eigenvalue weighted by molar-refractivity contribution is 9.11. The van der Waals surface area contributed by atoms with Crippen molar-refractivity contribution in [2.75, 3.05) is 17.2 Å². The van der Waals surface area contributed by atoms with Gasteiger partial charge in [0, 0.05) is 15.5 Å². The largest absolute Gasteiger partial charge is 0.369 e. The second kappa shape index (κ2) is 7.51. The van der Waals surface area contributed by atoms with Gasteiger partial charge < -0.3 is 10.6 Å². The average Bonchev–Trinajstić information content (AvgIpc) is 2.48. The fraction of sp³-hybridized carbons (Fsp3) is 0.214. The molecule has 0 atom stereocenters. The predicted molar refractivity (Wildman–Crippen MR) is 90.6 cm³/mol. The van der Waals surface area contributed by atoms with Crippen molar-refractivity contribution in [3.8, 4) is 0 Å². The number of amides is 1. The summed E-state index contributed by atoms with van der Waals surface area (Å²) in [6.07, 6.45) is 4.02. The summed E-state index contributed by atoms with van der Waals surface area (Å²) in [5.74, 6) is 0.366. The Balaban J connectivity index is 2.06. The number of aromatic nitrogens is 2. The number of rotatable bonds is 5. The van der Waals surface area contributed by atoms with E-state index in [9.17, 15) is 4.79 Å². The molecule has 0 aliphatic rings. The first kappa shape index (κ1) is 15.9. The van der Waals surface area contributed by atoms with E-state index >= 15 is 0 Å². The molecule has 2 N–H and O–H groups in total. The van der Waals surface area contributed by atoms with Crippen molar-refractivity contribution in [1.29, 1.82) is 0 Å². The van der Waals surface area contributed by atoms with Crippen LogP contribution in [0.5, 0.6) is 0 Å². The quantitative estimate of drug-likeness (QED) is 0.774. The molecule has 7 heteroatoms. The van der Waals surface area contributed by atoms with Gasteiger partial charge >= 0.3 is 0 Å². The lowest BCUT2D eigenvalue weighted by Crippen LogP contribution is -2.15. The van der Waals surface area contributed by atoms with Gasteiger partial charge in [-0.2, -0.15) is 0 Å². The molecular weight excluding hydrogens is 400 g/mol. The van der Waals surface area contributed by atoms with E-state index in [2.05, 4.69) is 59.4 Å². The summed E-state index contributed by atoms with van der Waals surface area (Å²) in [4.78, 5) is 20.4. The van der Waals surface area contributed by atoms with Crippen LogP contribution in [-0.2, 0) is 0 Å². The van der Waals surface area contributed by atoms with Gasteiger partial charge in [0.1, 0.15) is 11.5 Å². The summed E-state index contributed by atoms with van der Waals surface area (Å²) in [6, 6.07) is 5.51. The third-order valence-corrected chi connectivity index (χ3v) is 3.77. The predicted octanol–water partition coefficient (Wildman–Crippen LogP) is 4.08. The summed E-state index contributed by atoms with van der Waals surface area (Å²) in [5, 5.41) is 5.89. The molecule has 0 aliphatic heterocycles. The number of anilines is 2. The van der Waals surface area contributed by atoms with Gasteiger partial charge in [-0.3, -0.25) is 4.79 Å². The Hall–Kier alpha value is -1.47. The number of halogens is 2. The van der Waals surface area contributed by atoms with Crippen molar-refractivity contribution in [2.24, 2.45) is 0 Å². The van der Waals surface area contributed by atoms with E-state index in [1.807, 2.05) is 12.1 Å². The van der Waals surface area contributed by atoms with Gasteiger partial charge in [-0.1, -0.05) is 22.9 Å². The lowest BCUT2D eigenvalue weighted by molar-refractivity contribution is 0.102. The second-order valence-electron chi connectivity index (χ2n) is 4.29. The van der Waals surface area contributed by atoms with Crippen molar-refractivity contribution in [3.05, 3.63) is 45.2 Å². The molecule has 1 amide bonds. The third-order valence-electron chi connectivity index (χ3n) is 2.62. The van der Waals surface area contributed by atoms with Gasteiger partial charge in [-0.15, -0.1) is 0 Å². The van der Waals surface area contributed by atoms with Crippen LogP contribution in [0.25, 0.3) is 0 Å². The van der Waals surface area contributed by atoms with E-state index < -0.39 is 0 Å². The fourth-order valence-corrected chi connectivity index (χ4v) is 2.71. The summed E-state index contributed by atoms with van der Waals surface area (Å²) in [6.45, 7) is 2.89. The second-order valence-corrected chi connectivity index (χ2v) is 6.06. The van der Waals surface area contributed by atoms with E-state index in [0.717, 1.165) is 21.9 Å². The fourth-order valence-electron chi connectivity index (χ4n) is 1.57. The molecule has 5 nitrogen and oxygen atoms in total. The van der Waals surface area contributed by atoms with Gasteiger partial charge in [-0.05, 0) is 40.5 Å². The highest BCUT2D eigenvalue weighted by Crippen LogP contribution is 2.26. The monoisotopic (exact) mass is 412 g/mol. The molecule has 0 unspecified atom stereocenters. The third kappa shape index (κ3) is 4.50. The van der Waals surface area contributed by atoms with E-state index in [1.165, 1.54) is 6.20 Å². The van der Waals surface area contributed by atoms with Crippen molar-refractivity contribution < 1.29 is 4.79 Å². The minimum Gasteiger partial charge on any atom is -0.369 e.